The molecule has 120 heavy (non-hydrogen) atoms. The normalized spacial score (nSPS) is 14.0. The quantitative estimate of drug-likeness (QED) is 0.101. The van der Waals surface area contributed by atoms with Crippen LogP contribution in [0.15, 0.2) is 425 Å². The van der Waals surface area contributed by atoms with Gasteiger partial charge in [-0.15, -0.1) is 0 Å². The molecule has 0 heterocycles. The average molecular weight is 1530 g/mol. The van der Waals surface area contributed by atoms with Gasteiger partial charge in [0.05, 0.1) is 16.8 Å². The summed E-state index contributed by atoms with van der Waals surface area (Å²) in [5, 5.41) is 0. The number of benzene rings is 18. The second kappa shape index (κ2) is 28.2. The molecule has 0 atom stereocenters. The molecule has 570 valence electrons. The summed E-state index contributed by atoms with van der Waals surface area (Å²) >= 11 is 0. The molecular weight excluding hydrogens is 1450 g/mol. The highest BCUT2D eigenvalue weighted by Gasteiger charge is 2.47. The Labute approximate surface area is 705 Å². The average Bonchev–Trinajstić information content (AvgIpc) is 1.53. The molecule has 18 aromatic rings. The van der Waals surface area contributed by atoms with Crippen LogP contribution in [-0.4, -0.2) is 0 Å². The second-order valence-electron chi connectivity index (χ2n) is 34.6. The van der Waals surface area contributed by atoms with Crippen molar-refractivity contribution in [3.63, 3.8) is 0 Å². The number of hydrogen-bond donors (Lipinski definition) is 0. The standard InChI is InChI=1S/C118H88N2/c1-115(2)103-46-23-19-40-95(103)99-68-60-84(73-107(99)115)78-56-62-89(63-57-78)119(91-66-70-101-97-42-21-25-48-105(97)117(5,6)109(101)75-91)112-51-29-45-94(114(112)82-32-13-8-14-33-82)86-35-27-34-83(72-86)77-52-54-80(55-53-77)93-44-28-50-111(113(93)81-30-11-7-12-31-81)120(90-64-58-79(59-65-90)85-61-69-100-96-41-20-24-47-104(96)116(3,4)108(100)74-85)92-67-71-102-98-43-22-26-49-106(98)118(110(102)76-92,87-36-15-9-16-37-87)88-38-17-10-18-39-88/h7-76H,1-6H3. The van der Waals surface area contributed by atoms with Gasteiger partial charge in [-0.2, -0.15) is 0 Å². The molecule has 2 heteroatoms. The number of hydrogen-bond acceptors (Lipinski definition) is 2. The van der Waals surface area contributed by atoms with Crippen molar-refractivity contribution >= 4 is 34.1 Å². The molecule has 0 fully saturated rings. The molecule has 0 N–H and O–H groups in total. The Hall–Kier alpha value is -14.4. The summed E-state index contributed by atoms with van der Waals surface area (Å²) in [6, 6.07) is 160. The van der Waals surface area contributed by atoms with Crippen molar-refractivity contribution in [1.29, 1.82) is 0 Å². The number of anilines is 6. The van der Waals surface area contributed by atoms with Crippen LogP contribution in [-0.2, 0) is 21.7 Å². The highest BCUT2D eigenvalue weighted by Crippen LogP contribution is 2.60. The smallest absolute Gasteiger partial charge is 0.0714 e. The zero-order chi connectivity index (χ0) is 80.6. The monoisotopic (exact) mass is 1530 g/mol. The van der Waals surface area contributed by atoms with E-state index in [0.717, 1.165) is 89.8 Å². The third kappa shape index (κ3) is 11.4. The van der Waals surface area contributed by atoms with Crippen LogP contribution in [0.2, 0.25) is 0 Å². The maximum Gasteiger partial charge on any atom is 0.0714 e. The Morgan fingerprint density at radius 1 is 0.158 bits per heavy atom. The fourth-order valence-electron chi connectivity index (χ4n) is 21.1. The molecule has 4 aliphatic carbocycles. The van der Waals surface area contributed by atoms with Gasteiger partial charge in [0.2, 0.25) is 0 Å². The third-order valence-corrected chi connectivity index (χ3v) is 27.0. The van der Waals surface area contributed by atoms with Crippen LogP contribution in [0.1, 0.15) is 97.2 Å². The summed E-state index contributed by atoms with van der Waals surface area (Å²) in [4.78, 5) is 5.04. The van der Waals surface area contributed by atoms with E-state index in [0.29, 0.717) is 0 Å². The fourth-order valence-corrected chi connectivity index (χ4v) is 21.1. The van der Waals surface area contributed by atoms with Crippen molar-refractivity contribution in [2.75, 3.05) is 9.80 Å². The van der Waals surface area contributed by atoms with Gasteiger partial charge in [-0.1, -0.05) is 387 Å². The van der Waals surface area contributed by atoms with E-state index >= 15 is 0 Å². The first-order chi connectivity index (χ1) is 58.8. The van der Waals surface area contributed by atoms with Crippen LogP contribution in [0.5, 0.6) is 0 Å². The molecule has 0 aromatic heterocycles. The van der Waals surface area contributed by atoms with Gasteiger partial charge in [0.15, 0.2) is 0 Å². The minimum Gasteiger partial charge on any atom is -0.310 e. The fraction of sp³-hybridized carbons (Fsp3) is 0.0847. The number of fused-ring (bicyclic) bond motifs is 12. The number of nitrogens with zero attached hydrogens (tertiary/aromatic N) is 2. The predicted octanol–water partition coefficient (Wildman–Crippen LogP) is 31.6. The lowest BCUT2D eigenvalue weighted by atomic mass is 9.67. The molecule has 0 saturated carbocycles. The van der Waals surface area contributed by atoms with Crippen LogP contribution in [0.3, 0.4) is 0 Å². The van der Waals surface area contributed by atoms with E-state index in [-0.39, 0.29) is 16.2 Å². The Morgan fingerprint density at radius 3 is 0.875 bits per heavy atom. The summed E-state index contributed by atoms with van der Waals surface area (Å²) in [7, 11) is 0. The Kier molecular flexibility index (Phi) is 16.9. The van der Waals surface area contributed by atoms with Gasteiger partial charge in [0.25, 0.3) is 0 Å². The van der Waals surface area contributed by atoms with Gasteiger partial charge < -0.3 is 9.80 Å². The maximum absolute atomic E-state index is 2.52. The third-order valence-electron chi connectivity index (χ3n) is 27.0. The van der Waals surface area contributed by atoms with E-state index in [1.807, 2.05) is 0 Å². The predicted molar refractivity (Wildman–Crippen MR) is 504 cm³/mol. The summed E-state index contributed by atoms with van der Waals surface area (Å²) in [6.45, 7) is 14.2. The first-order valence-electron chi connectivity index (χ1n) is 42.3. The zero-order valence-corrected chi connectivity index (χ0v) is 68.3. The van der Waals surface area contributed by atoms with Crippen molar-refractivity contribution in [3.05, 3.63) is 480 Å². The molecule has 4 aliphatic rings. The Morgan fingerprint density at radius 2 is 0.433 bits per heavy atom. The molecule has 22 rings (SSSR count). The Balaban J connectivity index is 0.664. The van der Waals surface area contributed by atoms with Crippen LogP contribution in [0, 0.1) is 0 Å². The van der Waals surface area contributed by atoms with Gasteiger partial charge in [-0.25, -0.2) is 0 Å². The highest BCUT2D eigenvalue weighted by atomic mass is 15.2. The minimum absolute atomic E-state index is 0.106. The van der Waals surface area contributed by atoms with E-state index in [4.69, 9.17) is 0 Å². The molecule has 0 aliphatic heterocycles. The van der Waals surface area contributed by atoms with Gasteiger partial charge in [-0.3, -0.25) is 0 Å². The van der Waals surface area contributed by atoms with Crippen molar-refractivity contribution < 1.29 is 0 Å². The van der Waals surface area contributed by atoms with Crippen LogP contribution >= 0.6 is 0 Å². The molecule has 0 radical (unpaired) electrons. The van der Waals surface area contributed by atoms with Crippen molar-refractivity contribution in [3.8, 4) is 122 Å². The van der Waals surface area contributed by atoms with E-state index < -0.39 is 5.41 Å². The SMILES string of the molecule is CC1(C)c2ccccc2-c2ccc(-c3ccc(N(c4ccc5c(c4)C(C)(C)c4ccccc4-5)c4cccc(-c5cccc(-c6ccc(-c7cccc(N(c8ccc(-c9ccc%10c(c9)C(C)(C)c9ccccc9-%10)cc8)c8ccc9c(c8)C(c8ccccc8)(c8ccccc8)c8ccccc8-9)c7-c7ccccc7)cc6)c5)c4-c4ccccc4)cc3)cc21. The topological polar surface area (TPSA) is 6.48 Å². The first-order valence-corrected chi connectivity index (χ1v) is 42.3. The minimum atomic E-state index is -0.609. The van der Waals surface area contributed by atoms with E-state index in [2.05, 4.69) is 476 Å². The first kappa shape index (κ1) is 72.1. The zero-order valence-electron chi connectivity index (χ0n) is 68.3. The maximum atomic E-state index is 2.52. The molecule has 2 nitrogen and oxygen atoms in total. The van der Waals surface area contributed by atoms with Crippen LogP contribution in [0.25, 0.3) is 122 Å². The van der Waals surface area contributed by atoms with Gasteiger partial charge in [0, 0.05) is 50.1 Å². The summed E-state index contributed by atoms with van der Waals surface area (Å²) in [5.74, 6) is 0. The number of rotatable bonds is 15. The van der Waals surface area contributed by atoms with Crippen molar-refractivity contribution in [2.24, 2.45) is 0 Å². The lowest BCUT2D eigenvalue weighted by molar-refractivity contribution is 0.660. The summed E-state index contributed by atoms with van der Waals surface area (Å²) in [5.41, 5.74) is 45.2. The lowest BCUT2D eigenvalue weighted by Gasteiger charge is -2.35. The van der Waals surface area contributed by atoms with Gasteiger partial charge in [-0.05, 0) is 246 Å². The van der Waals surface area contributed by atoms with Crippen LogP contribution in [0.4, 0.5) is 34.1 Å². The molecule has 0 spiro atoms. The highest BCUT2D eigenvalue weighted by molar-refractivity contribution is 6.01. The largest absolute Gasteiger partial charge is 0.310 e. The molecular formula is C118H88N2. The van der Waals surface area contributed by atoms with E-state index in [1.54, 1.807) is 0 Å². The van der Waals surface area contributed by atoms with Gasteiger partial charge in [0.1, 0.15) is 0 Å². The summed E-state index contributed by atoms with van der Waals surface area (Å²) < 4.78 is 0. The Bertz CT molecular complexity index is 7030. The van der Waals surface area contributed by atoms with Crippen molar-refractivity contribution in [2.45, 2.75) is 63.2 Å². The van der Waals surface area contributed by atoms with Crippen LogP contribution < -0.4 is 9.80 Å². The second-order valence-corrected chi connectivity index (χ2v) is 34.6. The summed E-state index contributed by atoms with van der Waals surface area (Å²) in [6.07, 6.45) is 0. The molecule has 0 unspecified atom stereocenters. The molecule has 0 saturated heterocycles. The molecule has 0 bridgehead atoms. The van der Waals surface area contributed by atoms with E-state index in [1.165, 1.54) is 122 Å². The molecule has 18 aromatic carbocycles. The van der Waals surface area contributed by atoms with Gasteiger partial charge >= 0.3 is 0 Å². The van der Waals surface area contributed by atoms with Crippen molar-refractivity contribution in [1.82, 2.24) is 0 Å². The lowest BCUT2D eigenvalue weighted by Crippen LogP contribution is -2.28. The van der Waals surface area contributed by atoms with E-state index in [9.17, 15) is 0 Å². The molecule has 0 amide bonds.